The van der Waals surface area contributed by atoms with Crippen LogP contribution >= 0.6 is 22.7 Å². The lowest BCUT2D eigenvalue weighted by molar-refractivity contribution is 0.102. The molecule has 0 radical (unpaired) electrons. The molecule has 0 N–H and O–H groups in total. The molecule has 3 heterocycles. The molecule has 0 spiro atoms. The van der Waals surface area contributed by atoms with Crippen molar-refractivity contribution in [2.24, 2.45) is 0 Å². The van der Waals surface area contributed by atoms with E-state index in [1.807, 2.05) is 47.2 Å². The van der Waals surface area contributed by atoms with E-state index in [1.54, 1.807) is 34.8 Å². The molecular formula is C18H11NO2S2. The maximum Gasteiger partial charge on any atom is 0.221 e. The second kappa shape index (κ2) is 5.95. The van der Waals surface area contributed by atoms with Crippen molar-refractivity contribution in [3.63, 3.8) is 0 Å². The quantitative estimate of drug-likeness (QED) is 0.364. The van der Waals surface area contributed by atoms with Gasteiger partial charge in [-0.1, -0.05) is 24.3 Å². The molecule has 0 aliphatic rings. The number of allylic oxidation sites excluding steroid dienone is 1. The highest BCUT2D eigenvalue weighted by Gasteiger charge is 2.09. The van der Waals surface area contributed by atoms with E-state index in [4.69, 9.17) is 4.42 Å². The van der Waals surface area contributed by atoms with Crippen LogP contribution in [0.15, 0.2) is 63.7 Å². The van der Waals surface area contributed by atoms with Crippen LogP contribution in [-0.4, -0.2) is 10.8 Å². The maximum atomic E-state index is 12.2. The number of hydrogen-bond donors (Lipinski definition) is 0. The Morgan fingerprint density at radius 3 is 2.87 bits per heavy atom. The number of carbonyl (C=O) groups is 1. The lowest BCUT2D eigenvalue weighted by atomic mass is 10.2. The fourth-order valence-corrected chi connectivity index (χ4v) is 3.82. The summed E-state index contributed by atoms with van der Waals surface area (Å²) in [5, 5.41) is 5.86. The van der Waals surface area contributed by atoms with Crippen molar-refractivity contribution < 1.29 is 9.21 Å². The fraction of sp³-hybridized carbons (Fsp3) is 0. The van der Waals surface area contributed by atoms with Gasteiger partial charge in [0.1, 0.15) is 10.6 Å². The van der Waals surface area contributed by atoms with Gasteiger partial charge in [-0.15, -0.1) is 22.7 Å². The van der Waals surface area contributed by atoms with E-state index in [2.05, 4.69) is 4.98 Å². The molecule has 0 aliphatic carbocycles. The predicted molar refractivity (Wildman–Crippen MR) is 95.0 cm³/mol. The van der Waals surface area contributed by atoms with Crippen LogP contribution in [0, 0.1) is 0 Å². The van der Waals surface area contributed by atoms with E-state index in [1.165, 1.54) is 6.08 Å². The van der Waals surface area contributed by atoms with Crippen LogP contribution in [0.1, 0.15) is 16.2 Å². The first kappa shape index (κ1) is 14.1. The summed E-state index contributed by atoms with van der Waals surface area (Å²) in [7, 11) is 0. The van der Waals surface area contributed by atoms with Crippen molar-refractivity contribution in [3.8, 4) is 9.88 Å². The minimum absolute atomic E-state index is 0.160. The highest BCUT2D eigenvalue weighted by molar-refractivity contribution is 7.20. The average molecular weight is 337 g/mol. The highest BCUT2D eigenvalue weighted by atomic mass is 32.1. The van der Waals surface area contributed by atoms with E-state index < -0.39 is 0 Å². The summed E-state index contributed by atoms with van der Waals surface area (Å²) in [6.07, 6.45) is 3.23. The van der Waals surface area contributed by atoms with Gasteiger partial charge >= 0.3 is 0 Å². The van der Waals surface area contributed by atoms with Crippen LogP contribution < -0.4 is 0 Å². The first-order valence-corrected chi connectivity index (χ1v) is 8.76. The third kappa shape index (κ3) is 2.88. The molecule has 0 bridgehead atoms. The molecule has 23 heavy (non-hydrogen) atoms. The van der Waals surface area contributed by atoms with Gasteiger partial charge in [0, 0.05) is 10.8 Å². The Morgan fingerprint density at radius 1 is 1.13 bits per heavy atom. The van der Waals surface area contributed by atoms with Crippen molar-refractivity contribution in [2.45, 2.75) is 0 Å². The van der Waals surface area contributed by atoms with Gasteiger partial charge in [-0.25, -0.2) is 4.98 Å². The molecule has 0 unspecified atom stereocenters. The highest BCUT2D eigenvalue weighted by Crippen LogP contribution is 2.28. The topological polar surface area (TPSA) is 43.1 Å². The number of para-hydroxylation sites is 1. The van der Waals surface area contributed by atoms with Crippen LogP contribution in [0.25, 0.3) is 26.9 Å². The number of fused-ring (bicyclic) bond motifs is 1. The van der Waals surface area contributed by atoms with E-state index in [0.29, 0.717) is 5.76 Å². The minimum atomic E-state index is -0.160. The first-order chi connectivity index (χ1) is 11.3. The van der Waals surface area contributed by atoms with Crippen LogP contribution in [-0.2, 0) is 0 Å². The number of thiophene rings is 1. The average Bonchev–Trinajstić information content (AvgIpc) is 3.31. The first-order valence-electron chi connectivity index (χ1n) is 7.00. The number of benzene rings is 1. The van der Waals surface area contributed by atoms with Crippen molar-refractivity contribution in [3.05, 3.63) is 70.8 Å². The van der Waals surface area contributed by atoms with Gasteiger partial charge in [0.05, 0.1) is 10.6 Å². The molecule has 0 aliphatic heterocycles. The summed E-state index contributed by atoms with van der Waals surface area (Å²) in [6.45, 7) is 0. The molecule has 0 atom stereocenters. The van der Waals surface area contributed by atoms with Crippen molar-refractivity contribution in [1.82, 2.24) is 4.98 Å². The Hall–Kier alpha value is -2.50. The standard InChI is InChI=1S/C18H11NO2S2/c20-14(16-10-12-4-1-2-5-15(12)21-16)8-7-13-11-23-18(19-13)17-6-3-9-22-17/h1-11H/b8-7+. The zero-order valence-corrected chi connectivity index (χ0v) is 13.6. The fourth-order valence-electron chi connectivity index (χ4n) is 2.22. The van der Waals surface area contributed by atoms with Crippen LogP contribution in [0.5, 0.6) is 0 Å². The van der Waals surface area contributed by atoms with Gasteiger partial charge in [0.2, 0.25) is 5.78 Å². The molecule has 3 nitrogen and oxygen atoms in total. The summed E-state index contributed by atoms with van der Waals surface area (Å²) >= 11 is 3.23. The zero-order chi connectivity index (χ0) is 15.6. The third-order valence-electron chi connectivity index (χ3n) is 3.33. The Balaban J connectivity index is 1.55. The number of rotatable bonds is 4. The van der Waals surface area contributed by atoms with E-state index in [9.17, 15) is 4.79 Å². The smallest absolute Gasteiger partial charge is 0.221 e. The van der Waals surface area contributed by atoms with E-state index in [-0.39, 0.29) is 5.78 Å². The van der Waals surface area contributed by atoms with Crippen molar-refractivity contribution in [2.75, 3.05) is 0 Å². The Bertz CT molecular complexity index is 960. The number of ketones is 1. The summed E-state index contributed by atoms with van der Waals surface area (Å²) in [6, 6.07) is 13.4. The summed E-state index contributed by atoms with van der Waals surface area (Å²) in [4.78, 5) is 17.9. The number of nitrogens with zero attached hydrogens (tertiary/aromatic N) is 1. The van der Waals surface area contributed by atoms with Gasteiger partial charge < -0.3 is 4.42 Å². The Labute approximate surface area is 140 Å². The number of hydrogen-bond acceptors (Lipinski definition) is 5. The van der Waals surface area contributed by atoms with Gasteiger partial charge in [0.25, 0.3) is 0 Å². The maximum absolute atomic E-state index is 12.2. The normalized spacial score (nSPS) is 11.5. The molecule has 112 valence electrons. The lowest BCUT2D eigenvalue weighted by Gasteiger charge is -1.88. The number of thiazole rings is 1. The number of aromatic nitrogens is 1. The predicted octanol–water partition coefficient (Wildman–Crippen LogP) is 5.51. The van der Waals surface area contributed by atoms with Gasteiger partial charge in [-0.3, -0.25) is 4.79 Å². The Kier molecular flexibility index (Phi) is 3.65. The summed E-state index contributed by atoms with van der Waals surface area (Å²) in [5.74, 6) is 0.183. The SMILES string of the molecule is O=C(/C=C/c1csc(-c2cccs2)n1)c1cc2ccccc2o1. The summed E-state index contributed by atoms with van der Waals surface area (Å²) in [5.41, 5.74) is 1.50. The largest absolute Gasteiger partial charge is 0.453 e. The number of carbonyl (C=O) groups excluding carboxylic acids is 1. The van der Waals surface area contributed by atoms with Crippen molar-refractivity contribution in [1.29, 1.82) is 0 Å². The molecule has 3 aromatic heterocycles. The zero-order valence-electron chi connectivity index (χ0n) is 11.9. The summed E-state index contributed by atoms with van der Waals surface area (Å²) < 4.78 is 5.57. The van der Waals surface area contributed by atoms with Gasteiger partial charge in [0.15, 0.2) is 5.76 Å². The molecule has 4 aromatic rings. The van der Waals surface area contributed by atoms with Crippen LogP contribution in [0.3, 0.4) is 0 Å². The monoisotopic (exact) mass is 337 g/mol. The molecule has 0 saturated heterocycles. The van der Waals surface area contributed by atoms with Crippen molar-refractivity contribution >= 4 is 45.5 Å². The minimum Gasteiger partial charge on any atom is -0.453 e. The third-order valence-corrected chi connectivity index (χ3v) is 5.23. The number of furan rings is 1. The molecule has 5 heteroatoms. The molecule has 0 amide bonds. The van der Waals surface area contributed by atoms with E-state index >= 15 is 0 Å². The molecule has 0 fully saturated rings. The second-order valence-corrected chi connectivity index (χ2v) is 6.71. The molecule has 4 rings (SSSR count). The van der Waals surface area contributed by atoms with Crippen LogP contribution in [0.2, 0.25) is 0 Å². The molecular weight excluding hydrogens is 326 g/mol. The van der Waals surface area contributed by atoms with Gasteiger partial charge in [-0.2, -0.15) is 0 Å². The lowest BCUT2D eigenvalue weighted by Crippen LogP contribution is -1.90. The van der Waals surface area contributed by atoms with Gasteiger partial charge in [-0.05, 0) is 35.7 Å². The second-order valence-electron chi connectivity index (χ2n) is 4.90. The van der Waals surface area contributed by atoms with Crippen LogP contribution in [0.4, 0.5) is 0 Å². The molecule has 1 aromatic carbocycles. The van der Waals surface area contributed by atoms with E-state index in [0.717, 1.165) is 26.5 Å². The molecule has 0 saturated carbocycles. The Morgan fingerprint density at radius 2 is 2.04 bits per heavy atom.